The molecule has 0 amide bonds. The van der Waals surface area contributed by atoms with Gasteiger partial charge in [0.2, 0.25) is 0 Å². The van der Waals surface area contributed by atoms with E-state index >= 15 is 0 Å². The fourth-order valence-electron chi connectivity index (χ4n) is 2.31. The molecular formula is C16H8F17NO3. The summed E-state index contributed by atoms with van der Waals surface area (Å²) in [6.07, 6.45) is -10.6. The molecule has 0 aliphatic heterocycles. The normalized spacial score (nSPS) is 15.1. The predicted molar refractivity (Wildman–Crippen MR) is 83.9 cm³/mol. The molecule has 0 saturated heterocycles. The van der Waals surface area contributed by atoms with Crippen molar-refractivity contribution in [3.8, 4) is 5.75 Å². The maximum absolute atomic E-state index is 13.7. The number of halogens is 17. The molecule has 0 aliphatic carbocycles. The summed E-state index contributed by atoms with van der Waals surface area (Å²) < 4.78 is 228. The molecule has 0 aliphatic rings. The summed E-state index contributed by atoms with van der Waals surface area (Å²) in [7, 11) is 0. The zero-order chi connectivity index (χ0) is 29.7. The lowest BCUT2D eigenvalue weighted by molar-refractivity contribution is -0.461. The number of hydrogen-bond donors (Lipinski definition) is 0. The fourth-order valence-corrected chi connectivity index (χ4v) is 2.31. The predicted octanol–water partition coefficient (Wildman–Crippen LogP) is 7.37. The van der Waals surface area contributed by atoms with Crippen LogP contribution in [0.1, 0.15) is 6.42 Å². The van der Waals surface area contributed by atoms with Gasteiger partial charge in [-0.1, -0.05) is 0 Å². The van der Waals surface area contributed by atoms with Gasteiger partial charge in [-0.3, -0.25) is 10.1 Å². The van der Waals surface area contributed by atoms with Crippen molar-refractivity contribution < 1.29 is 84.3 Å². The molecule has 1 aromatic rings. The van der Waals surface area contributed by atoms with E-state index in [1.54, 1.807) is 0 Å². The molecule has 0 bridgehead atoms. The smallest absolute Gasteiger partial charge is 0.460 e. The summed E-state index contributed by atoms with van der Waals surface area (Å²) in [5, 5.41) is 10.4. The maximum atomic E-state index is 13.7. The Labute approximate surface area is 192 Å². The SMILES string of the molecule is O=[N+]([O-])c1ccc(OCCC(F)(F)C(F)(F)C(F)(F)C(F)(F)C(F)(F)C(F)(F)C(F)(F)C(F)(F)F)cc1. The van der Waals surface area contributed by atoms with Gasteiger partial charge < -0.3 is 4.74 Å². The molecule has 1 aromatic carbocycles. The van der Waals surface area contributed by atoms with E-state index in [1.807, 2.05) is 0 Å². The first kappa shape index (κ1) is 32.3. The molecule has 0 N–H and O–H groups in total. The van der Waals surface area contributed by atoms with Crippen LogP contribution in [-0.4, -0.2) is 59.2 Å². The summed E-state index contributed by atoms with van der Waals surface area (Å²) in [6, 6.07) is 2.58. The molecule has 0 heterocycles. The van der Waals surface area contributed by atoms with E-state index in [0.717, 1.165) is 0 Å². The van der Waals surface area contributed by atoms with Gasteiger partial charge in [-0.25, -0.2) is 0 Å². The minimum absolute atomic E-state index is 0.625. The Morgan fingerprint density at radius 3 is 1.30 bits per heavy atom. The van der Waals surface area contributed by atoms with Crippen LogP contribution in [0.4, 0.5) is 80.3 Å². The maximum Gasteiger partial charge on any atom is 0.460 e. The van der Waals surface area contributed by atoms with Crippen molar-refractivity contribution in [2.75, 3.05) is 6.61 Å². The van der Waals surface area contributed by atoms with Crippen LogP contribution < -0.4 is 4.74 Å². The monoisotopic (exact) mass is 585 g/mol. The highest BCUT2D eigenvalue weighted by molar-refractivity contribution is 5.36. The zero-order valence-corrected chi connectivity index (χ0v) is 16.8. The summed E-state index contributed by atoms with van der Waals surface area (Å²) in [6.45, 7) is -1.85. The Morgan fingerprint density at radius 1 is 0.595 bits per heavy atom. The summed E-state index contributed by atoms with van der Waals surface area (Å²) >= 11 is 0. The number of non-ortho nitro benzene ring substituents is 1. The minimum Gasteiger partial charge on any atom is -0.493 e. The number of nitro groups is 1. The van der Waals surface area contributed by atoms with Crippen molar-refractivity contribution in [1.82, 2.24) is 0 Å². The number of rotatable bonds is 11. The first-order chi connectivity index (χ1) is 16.1. The highest BCUT2D eigenvalue weighted by Gasteiger charge is 2.95. The summed E-state index contributed by atoms with van der Waals surface area (Å²) in [5.74, 6) is -57.5. The number of hydrogen-bond acceptors (Lipinski definition) is 3. The van der Waals surface area contributed by atoms with Crippen LogP contribution in [-0.2, 0) is 0 Å². The largest absolute Gasteiger partial charge is 0.493 e. The lowest BCUT2D eigenvalue weighted by Gasteiger charge is -2.42. The molecule has 0 fully saturated rings. The fraction of sp³-hybridized carbons (Fsp3) is 0.625. The Kier molecular flexibility index (Phi) is 8.03. The summed E-state index contributed by atoms with van der Waals surface area (Å²) in [5.41, 5.74) is -0.625. The van der Waals surface area contributed by atoms with E-state index in [-0.39, 0.29) is 0 Å². The lowest BCUT2D eigenvalue weighted by Crippen LogP contribution is -2.74. The molecule has 21 heteroatoms. The van der Waals surface area contributed by atoms with Crippen LogP contribution in [0.3, 0.4) is 0 Å². The van der Waals surface area contributed by atoms with E-state index in [9.17, 15) is 84.8 Å². The topological polar surface area (TPSA) is 52.4 Å². The minimum atomic E-state index is -8.68. The van der Waals surface area contributed by atoms with Gasteiger partial charge >= 0.3 is 47.6 Å². The molecule has 214 valence electrons. The number of nitrogens with zero attached hydrogens (tertiary/aromatic N) is 1. The quantitative estimate of drug-likeness (QED) is 0.155. The van der Waals surface area contributed by atoms with Gasteiger partial charge in [0.1, 0.15) is 5.75 Å². The number of benzene rings is 1. The molecule has 1 rings (SSSR count). The standard InChI is InChI=1S/C16H8F17NO3/c17-9(18,5-6-37-8-3-1-7(2-4-8)34(35)36)10(19,20)11(21,22)12(23,24)13(25,26)14(27,28)15(29,30)16(31,32)33/h1-4H,5-6H2. The average Bonchev–Trinajstić information content (AvgIpc) is 2.72. The molecule has 0 saturated carbocycles. The van der Waals surface area contributed by atoms with E-state index in [1.165, 1.54) is 0 Å². The first-order valence-electron chi connectivity index (χ1n) is 8.72. The van der Waals surface area contributed by atoms with Gasteiger partial charge in [0.05, 0.1) is 18.0 Å². The van der Waals surface area contributed by atoms with Crippen molar-refractivity contribution in [2.24, 2.45) is 0 Å². The van der Waals surface area contributed by atoms with Crippen LogP contribution >= 0.6 is 0 Å². The van der Waals surface area contributed by atoms with Gasteiger partial charge in [-0.15, -0.1) is 0 Å². The van der Waals surface area contributed by atoms with E-state index in [2.05, 4.69) is 4.74 Å². The molecule has 0 radical (unpaired) electrons. The van der Waals surface area contributed by atoms with Gasteiger partial charge in [0, 0.05) is 12.1 Å². The third kappa shape index (κ3) is 4.91. The number of ether oxygens (including phenoxy) is 1. The van der Waals surface area contributed by atoms with E-state index in [4.69, 9.17) is 0 Å². The second-order valence-corrected chi connectivity index (χ2v) is 7.00. The molecule has 0 aromatic heterocycles. The Bertz CT molecular complexity index is 972. The van der Waals surface area contributed by atoms with Crippen molar-refractivity contribution in [3.63, 3.8) is 0 Å². The number of nitro benzene ring substituents is 1. The highest BCUT2D eigenvalue weighted by atomic mass is 19.4. The van der Waals surface area contributed by atoms with Crippen molar-refractivity contribution >= 4 is 5.69 Å². The van der Waals surface area contributed by atoms with Gasteiger partial charge in [-0.05, 0) is 12.1 Å². The first-order valence-corrected chi connectivity index (χ1v) is 8.72. The Hall–Kier alpha value is -2.77. The second-order valence-electron chi connectivity index (χ2n) is 7.00. The second kappa shape index (κ2) is 9.21. The molecule has 0 unspecified atom stereocenters. The molecule has 0 spiro atoms. The van der Waals surface area contributed by atoms with Crippen molar-refractivity contribution in [3.05, 3.63) is 34.4 Å². The average molecular weight is 585 g/mol. The van der Waals surface area contributed by atoms with E-state index < -0.39 is 77.0 Å². The molecular weight excluding hydrogens is 577 g/mol. The lowest BCUT2D eigenvalue weighted by atomic mass is 9.88. The van der Waals surface area contributed by atoms with Gasteiger partial charge in [0.15, 0.2) is 0 Å². The van der Waals surface area contributed by atoms with Crippen LogP contribution in [0.5, 0.6) is 5.75 Å². The zero-order valence-electron chi connectivity index (χ0n) is 16.8. The third-order valence-corrected chi connectivity index (χ3v) is 4.52. The van der Waals surface area contributed by atoms with E-state index in [0.29, 0.717) is 24.3 Å². The Balaban J connectivity index is 3.29. The Morgan fingerprint density at radius 2 is 0.946 bits per heavy atom. The van der Waals surface area contributed by atoms with Gasteiger partial charge in [-0.2, -0.15) is 74.6 Å². The molecule has 37 heavy (non-hydrogen) atoms. The molecule has 4 nitrogen and oxygen atoms in total. The molecule has 0 atom stereocenters. The van der Waals surface area contributed by atoms with Crippen molar-refractivity contribution in [1.29, 1.82) is 0 Å². The third-order valence-electron chi connectivity index (χ3n) is 4.52. The van der Waals surface area contributed by atoms with Gasteiger partial charge in [0.25, 0.3) is 5.69 Å². The van der Waals surface area contributed by atoms with Crippen LogP contribution in [0.2, 0.25) is 0 Å². The van der Waals surface area contributed by atoms with Crippen LogP contribution in [0.15, 0.2) is 24.3 Å². The van der Waals surface area contributed by atoms with Crippen molar-refractivity contribution in [2.45, 2.75) is 54.1 Å². The van der Waals surface area contributed by atoms with Crippen LogP contribution in [0.25, 0.3) is 0 Å². The summed E-state index contributed by atoms with van der Waals surface area (Å²) in [4.78, 5) is 9.45. The highest BCUT2D eigenvalue weighted by Crippen LogP contribution is 2.64. The van der Waals surface area contributed by atoms with Crippen LogP contribution in [0, 0.1) is 10.1 Å². The number of alkyl halides is 17.